The Labute approximate surface area is 154 Å². The molecule has 1 aliphatic carbocycles. The highest BCUT2D eigenvalue weighted by molar-refractivity contribution is 7.89. The number of nitro groups is 1. The third-order valence-corrected chi connectivity index (χ3v) is 7.66. The topological polar surface area (TPSA) is 107 Å². The third-order valence-electron chi connectivity index (χ3n) is 5.78. The van der Waals surface area contributed by atoms with Crippen molar-refractivity contribution in [2.24, 2.45) is 17.6 Å². The van der Waals surface area contributed by atoms with Gasteiger partial charge in [-0.15, -0.1) is 0 Å². The van der Waals surface area contributed by atoms with E-state index < -0.39 is 14.9 Å². The van der Waals surface area contributed by atoms with Gasteiger partial charge in [0.05, 0.1) is 9.82 Å². The number of nitro benzene ring substituents is 1. The Balaban J connectivity index is 1.66. The van der Waals surface area contributed by atoms with Crippen molar-refractivity contribution in [3.05, 3.63) is 34.4 Å². The molecule has 1 aromatic carbocycles. The summed E-state index contributed by atoms with van der Waals surface area (Å²) >= 11 is 0. The zero-order valence-corrected chi connectivity index (χ0v) is 15.7. The highest BCUT2D eigenvalue weighted by Gasteiger charge is 2.32. The SMILES string of the molecule is NC(CC1CCCN(S(=O)(=O)c2ccc([N+](=O)[O-])cc2)C1)C1CCCC1. The Morgan fingerprint density at radius 1 is 1.15 bits per heavy atom. The summed E-state index contributed by atoms with van der Waals surface area (Å²) in [6.45, 7) is 0.980. The van der Waals surface area contributed by atoms with E-state index in [-0.39, 0.29) is 22.5 Å². The van der Waals surface area contributed by atoms with Crippen LogP contribution >= 0.6 is 0 Å². The fraction of sp³-hybridized carbons (Fsp3) is 0.667. The monoisotopic (exact) mass is 381 g/mol. The molecule has 1 aromatic rings. The van der Waals surface area contributed by atoms with Crippen molar-refractivity contribution in [2.45, 2.75) is 55.9 Å². The number of non-ortho nitro benzene ring substituents is 1. The molecule has 0 amide bonds. The van der Waals surface area contributed by atoms with Crippen LogP contribution in [-0.4, -0.2) is 36.8 Å². The summed E-state index contributed by atoms with van der Waals surface area (Å²) in [5, 5.41) is 10.8. The van der Waals surface area contributed by atoms with E-state index in [4.69, 9.17) is 5.73 Å². The van der Waals surface area contributed by atoms with Gasteiger partial charge >= 0.3 is 0 Å². The van der Waals surface area contributed by atoms with E-state index in [0.29, 0.717) is 19.0 Å². The number of nitrogens with two attached hydrogens (primary N) is 1. The van der Waals surface area contributed by atoms with Crippen LogP contribution in [0.2, 0.25) is 0 Å². The lowest BCUT2D eigenvalue weighted by atomic mass is 9.86. The predicted molar refractivity (Wildman–Crippen MR) is 99.1 cm³/mol. The van der Waals surface area contributed by atoms with Crippen molar-refractivity contribution in [3.8, 4) is 0 Å². The fourth-order valence-corrected chi connectivity index (χ4v) is 5.84. The molecule has 3 rings (SSSR count). The Bertz CT molecular complexity index is 729. The van der Waals surface area contributed by atoms with Gasteiger partial charge in [0, 0.05) is 31.3 Å². The maximum Gasteiger partial charge on any atom is 0.269 e. The van der Waals surface area contributed by atoms with Crippen LogP contribution in [0, 0.1) is 22.0 Å². The number of piperidine rings is 1. The molecule has 1 saturated heterocycles. The second-order valence-corrected chi connectivity index (χ2v) is 9.50. The van der Waals surface area contributed by atoms with Gasteiger partial charge in [0.15, 0.2) is 0 Å². The van der Waals surface area contributed by atoms with Gasteiger partial charge in [0.1, 0.15) is 0 Å². The molecule has 2 aliphatic rings. The molecule has 0 spiro atoms. The van der Waals surface area contributed by atoms with Crippen LogP contribution in [0.15, 0.2) is 29.2 Å². The maximum absolute atomic E-state index is 12.9. The molecule has 26 heavy (non-hydrogen) atoms. The fourth-order valence-electron chi connectivity index (χ4n) is 4.29. The predicted octanol–water partition coefficient (Wildman–Crippen LogP) is 2.90. The third kappa shape index (κ3) is 4.24. The Morgan fingerprint density at radius 2 is 1.81 bits per heavy atom. The highest BCUT2D eigenvalue weighted by atomic mass is 32.2. The first-order valence-corrected chi connectivity index (χ1v) is 10.8. The van der Waals surface area contributed by atoms with Gasteiger partial charge in [-0.2, -0.15) is 4.31 Å². The van der Waals surface area contributed by atoms with Gasteiger partial charge in [0.25, 0.3) is 5.69 Å². The molecule has 2 fully saturated rings. The van der Waals surface area contributed by atoms with Crippen molar-refractivity contribution < 1.29 is 13.3 Å². The molecule has 2 N–H and O–H groups in total. The Kier molecular flexibility index (Phi) is 5.94. The van der Waals surface area contributed by atoms with Crippen LogP contribution in [0.4, 0.5) is 5.69 Å². The normalized spacial score (nSPS) is 23.8. The Hall–Kier alpha value is -1.51. The van der Waals surface area contributed by atoms with Crippen LogP contribution < -0.4 is 5.73 Å². The Morgan fingerprint density at radius 3 is 2.42 bits per heavy atom. The summed E-state index contributed by atoms with van der Waals surface area (Å²) in [7, 11) is -3.62. The quantitative estimate of drug-likeness (QED) is 0.602. The largest absolute Gasteiger partial charge is 0.327 e. The summed E-state index contributed by atoms with van der Waals surface area (Å²) in [5.41, 5.74) is 6.28. The van der Waals surface area contributed by atoms with Crippen LogP contribution in [0.1, 0.15) is 44.9 Å². The zero-order chi connectivity index (χ0) is 18.7. The summed E-state index contributed by atoms with van der Waals surface area (Å²) in [6, 6.07) is 5.28. The second kappa shape index (κ2) is 8.02. The van der Waals surface area contributed by atoms with E-state index in [1.165, 1.54) is 54.3 Å². The number of hydrogen-bond donors (Lipinski definition) is 1. The molecule has 1 saturated carbocycles. The summed E-state index contributed by atoms with van der Waals surface area (Å²) in [6.07, 6.45) is 7.60. The van der Waals surface area contributed by atoms with Gasteiger partial charge < -0.3 is 5.73 Å². The second-order valence-electron chi connectivity index (χ2n) is 7.57. The molecular weight excluding hydrogens is 354 g/mol. The van der Waals surface area contributed by atoms with E-state index in [2.05, 4.69) is 0 Å². The molecule has 7 nitrogen and oxygen atoms in total. The van der Waals surface area contributed by atoms with Crippen molar-refractivity contribution in [3.63, 3.8) is 0 Å². The average molecular weight is 381 g/mol. The van der Waals surface area contributed by atoms with E-state index in [0.717, 1.165) is 19.3 Å². The van der Waals surface area contributed by atoms with E-state index in [1.807, 2.05) is 0 Å². The zero-order valence-electron chi connectivity index (χ0n) is 14.9. The summed E-state index contributed by atoms with van der Waals surface area (Å²) < 4.78 is 27.3. The number of hydrogen-bond acceptors (Lipinski definition) is 5. The van der Waals surface area contributed by atoms with Crippen LogP contribution in [0.5, 0.6) is 0 Å². The molecular formula is C18H27N3O4S. The van der Waals surface area contributed by atoms with Gasteiger partial charge in [-0.25, -0.2) is 8.42 Å². The first-order valence-electron chi connectivity index (χ1n) is 9.38. The first kappa shape index (κ1) is 19.3. The molecule has 0 aromatic heterocycles. The lowest BCUT2D eigenvalue weighted by molar-refractivity contribution is -0.384. The number of nitrogens with zero attached hydrogens (tertiary/aromatic N) is 2. The first-order chi connectivity index (χ1) is 12.4. The average Bonchev–Trinajstić information content (AvgIpc) is 3.17. The molecule has 1 aliphatic heterocycles. The van der Waals surface area contributed by atoms with Gasteiger partial charge in [-0.1, -0.05) is 12.8 Å². The molecule has 0 bridgehead atoms. The summed E-state index contributed by atoms with van der Waals surface area (Å²) in [5.74, 6) is 0.865. The minimum absolute atomic E-state index is 0.108. The minimum Gasteiger partial charge on any atom is -0.327 e. The van der Waals surface area contributed by atoms with Crippen molar-refractivity contribution >= 4 is 15.7 Å². The van der Waals surface area contributed by atoms with Crippen molar-refractivity contribution in [1.29, 1.82) is 0 Å². The lowest BCUT2D eigenvalue weighted by Gasteiger charge is -2.34. The van der Waals surface area contributed by atoms with Crippen molar-refractivity contribution in [1.82, 2.24) is 4.31 Å². The van der Waals surface area contributed by atoms with Crippen molar-refractivity contribution in [2.75, 3.05) is 13.1 Å². The number of sulfonamides is 1. The van der Waals surface area contributed by atoms with Gasteiger partial charge in [-0.3, -0.25) is 10.1 Å². The molecule has 144 valence electrons. The summed E-state index contributed by atoms with van der Waals surface area (Å²) in [4.78, 5) is 10.3. The van der Waals surface area contributed by atoms with E-state index in [1.54, 1.807) is 0 Å². The molecule has 8 heteroatoms. The van der Waals surface area contributed by atoms with Crippen LogP contribution in [0.25, 0.3) is 0 Å². The highest BCUT2D eigenvalue weighted by Crippen LogP contribution is 2.32. The molecule has 1 heterocycles. The van der Waals surface area contributed by atoms with E-state index in [9.17, 15) is 18.5 Å². The minimum atomic E-state index is -3.62. The van der Waals surface area contributed by atoms with Crippen LogP contribution in [0.3, 0.4) is 0 Å². The molecule has 0 radical (unpaired) electrons. The van der Waals surface area contributed by atoms with Gasteiger partial charge in [0.2, 0.25) is 10.0 Å². The van der Waals surface area contributed by atoms with Gasteiger partial charge in [-0.05, 0) is 56.1 Å². The maximum atomic E-state index is 12.9. The van der Waals surface area contributed by atoms with E-state index >= 15 is 0 Å². The number of rotatable bonds is 6. The standard InChI is InChI=1S/C18H27N3O4S/c19-18(15-5-1-2-6-15)12-14-4-3-11-20(13-14)26(24,25)17-9-7-16(8-10-17)21(22)23/h7-10,14-15,18H,1-6,11-13,19H2. The number of benzene rings is 1. The molecule has 2 unspecified atom stereocenters. The smallest absolute Gasteiger partial charge is 0.269 e. The van der Waals surface area contributed by atoms with Crippen LogP contribution in [-0.2, 0) is 10.0 Å². The molecule has 2 atom stereocenters. The lowest BCUT2D eigenvalue weighted by Crippen LogP contribution is -2.42.